The van der Waals surface area contributed by atoms with Gasteiger partial charge in [-0.05, 0) is 0 Å². The van der Waals surface area contributed by atoms with Crippen LogP contribution in [0.1, 0.15) is 0 Å². The van der Waals surface area contributed by atoms with Crippen LogP contribution < -0.4 is 0 Å². The summed E-state index contributed by atoms with van der Waals surface area (Å²) in [6, 6.07) is 10.0. The zero-order valence-electron chi connectivity index (χ0n) is 9.65. The monoisotopic (exact) mass is 358 g/mol. The van der Waals surface area contributed by atoms with Crippen LogP contribution in [0.15, 0.2) is 36.2 Å². The molecule has 122 valence electrons. The molecule has 1 aromatic carbocycles. The maximum Gasteiger partial charge on any atom is 0.409 e. The van der Waals surface area contributed by atoms with Gasteiger partial charge in [0.25, 0.3) is 6.18 Å². The van der Waals surface area contributed by atoms with Crippen molar-refractivity contribution in [2.75, 3.05) is 0 Å². The van der Waals surface area contributed by atoms with Crippen LogP contribution in [-0.4, -0.2) is 12.4 Å². The van der Waals surface area contributed by atoms with Crippen LogP contribution in [-0.2, 0) is 17.4 Å². The Labute approximate surface area is 124 Å². The fourth-order valence-corrected chi connectivity index (χ4v) is 0.516. The van der Waals surface area contributed by atoms with Crippen LogP contribution in [0.5, 0.6) is 0 Å². The Bertz CT molecular complexity index is 333. The van der Waals surface area contributed by atoms with Crippen molar-refractivity contribution in [1.29, 1.82) is 0 Å². The molecule has 0 aliphatic carbocycles. The van der Waals surface area contributed by atoms with Gasteiger partial charge in [0.15, 0.2) is 0 Å². The first-order valence-electron chi connectivity index (χ1n) is 4.10. The minimum absolute atomic E-state index is 0. The average Bonchev–Trinajstić information content (AvgIpc) is 2.89. The molecular weight excluding hydrogens is 353 g/mol. The molecule has 0 aliphatic heterocycles. The number of rotatable bonds is 0. The number of halogens is 7. The van der Waals surface area contributed by atoms with Gasteiger partial charge >= 0.3 is 6.18 Å². The van der Waals surface area contributed by atoms with Gasteiger partial charge in [-0.15, -0.1) is 0 Å². The standard InChI is InChI=1S/C5H5.C4F7.Cr.2NO/c1-2-4-5-3-1;5-2(4(9,10)11)1-3(6,7)8;;2*1-2/h1-5H;;;;/q2*-1;;2*-1. The second kappa shape index (κ2) is 14.7. The van der Waals surface area contributed by atoms with Gasteiger partial charge in [-0.3, -0.25) is 0 Å². The van der Waals surface area contributed by atoms with Gasteiger partial charge in [0.05, 0.1) is 0 Å². The van der Waals surface area contributed by atoms with Crippen molar-refractivity contribution >= 4 is 0 Å². The third kappa shape index (κ3) is 23.8. The summed E-state index contributed by atoms with van der Waals surface area (Å²) in [4.78, 5) is 14.5. The largest absolute Gasteiger partial charge is 0.577 e. The Balaban J connectivity index is -0.000000121. The summed E-state index contributed by atoms with van der Waals surface area (Å²) in [6.07, 6.45) is -11.3. The Morgan fingerprint density at radius 3 is 1.33 bits per heavy atom. The summed E-state index contributed by atoms with van der Waals surface area (Å²) in [7, 11) is 0. The maximum atomic E-state index is 11.4. The van der Waals surface area contributed by atoms with E-state index in [4.69, 9.17) is 21.0 Å². The van der Waals surface area contributed by atoms with E-state index in [-0.39, 0.29) is 23.4 Å². The van der Waals surface area contributed by atoms with Gasteiger partial charge in [0.1, 0.15) is 0 Å². The van der Waals surface area contributed by atoms with Gasteiger partial charge in [-0.2, -0.15) is 31.4 Å². The molecule has 4 nitrogen and oxygen atoms in total. The average molecular weight is 358 g/mol. The summed E-state index contributed by atoms with van der Waals surface area (Å²) in [6.45, 7) is 0. The third-order valence-corrected chi connectivity index (χ3v) is 1.06. The van der Waals surface area contributed by atoms with Crippen LogP contribution >= 0.6 is 0 Å². The summed E-state index contributed by atoms with van der Waals surface area (Å²) in [5.74, 6) is -3.27. The molecule has 0 bridgehead atoms. The molecule has 0 atom stereocenters. The zero-order chi connectivity index (χ0) is 16.8. The fraction of sp³-hybridized carbons (Fsp3) is 0.222. The summed E-state index contributed by atoms with van der Waals surface area (Å²) in [5, 5.41) is 0. The zero-order valence-corrected chi connectivity index (χ0v) is 10.9. The predicted octanol–water partition coefficient (Wildman–Crippen LogP) is 4.81. The molecule has 0 unspecified atom stereocenters. The molecule has 12 heteroatoms. The van der Waals surface area contributed by atoms with E-state index < -0.39 is 18.2 Å². The molecule has 0 aliphatic rings. The normalized spacial score (nSPS) is 10.3. The molecule has 0 heterocycles. The molecule has 1 rings (SSSR count). The van der Waals surface area contributed by atoms with E-state index >= 15 is 0 Å². The fourth-order valence-electron chi connectivity index (χ4n) is 0.516. The van der Waals surface area contributed by atoms with Crippen LogP contribution in [0.2, 0.25) is 0 Å². The molecular formula is C9H5CrF7N2O2-4. The summed E-state index contributed by atoms with van der Waals surface area (Å²) in [5.41, 5.74) is 11.5. The van der Waals surface area contributed by atoms with E-state index in [0.29, 0.717) is 0 Å². The molecule has 0 radical (unpaired) electrons. The van der Waals surface area contributed by atoms with Crippen molar-refractivity contribution in [1.82, 2.24) is 0 Å². The molecule has 21 heavy (non-hydrogen) atoms. The van der Waals surface area contributed by atoms with E-state index in [2.05, 4.69) is 0 Å². The van der Waals surface area contributed by atoms with Crippen molar-refractivity contribution in [2.24, 2.45) is 0 Å². The number of alkyl halides is 6. The molecule has 1 aromatic rings. The van der Waals surface area contributed by atoms with Crippen LogP contribution in [0.3, 0.4) is 0 Å². The van der Waals surface area contributed by atoms with Gasteiger partial charge in [-0.1, -0.05) is 0 Å². The SMILES string of the molecule is FC(=[C-]C(F)(F)F)C(F)(F)F.[Cr].[N-]=O.[N-]=O.c1cc[cH-]c1. The molecule has 0 N–H and O–H groups in total. The van der Waals surface area contributed by atoms with Crippen LogP contribution in [0.25, 0.3) is 11.2 Å². The second-order valence-corrected chi connectivity index (χ2v) is 2.40. The molecule has 0 aromatic heterocycles. The van der Waals surface area contributed by atoms with Crippen molar-refractivity contribution in [3.05, 3.63) is 63.2 Å². The third-order valence-electron chi connectivity index (χ3n) is 1.06. The predicted molar refractivity (Wildman–Crippen MR) is 55.5 cm³/mol. The smallest absolute Gasteiger partial charge is 0.409 e. The van der Waals surface area contributed by atoms with E-state index in [1.807, 2.05) is 30.3 Å². The second-order valence-electron chi connectivity index (χ2n) is 2.40. The minimum Gasteiger partial charge on any atom is -0.577 e. The van der Waals surface area contributed by atoms with E-state index in [1.54, 1.807) is 0 Å². The van der Waals surface area contributed by atoms with Gasteiger partial charge in [0.2, 0.25) is 0 Å². The van der Waals surface area contributed by atoms with Crippen molar-refractivity contribution in [2.45, 2.75) is 12.4 Å². The number of allylic oxidation sites excluding steroid dienone is 2. The topological polar surface area (TPSA) is 78.7 Å². The number of nitrogens with zero attached hydrogens (tertiary/aromatic N) is 2. The first-order chi connectivity index (χ1) is 9.13. The minimum atomic E-state index is -5.62. The molecule has 0 spiro atoms. The molecule has 0 saturated carbocycles. The van der Waals surface area contributed by atoms with Crippen molar-refractivity contribution in [3.8, 4) is 0 Å². The first kappa shape index (κ1) is 27.6. The molecule has 0 saturated heterocycles. The Hall–Kier alpha value is -1.67. The van der Waals surface area contributed by atoms with Gasteiger partial charge in [0, 0.05) is 23.2 Å². The van der Waals surface area contributed by atoms with Crippen molar-refractivity contribution < 1.29 is 48.1 Å². The summed E-state index contributed by atoms with van der Waals surface area (Å²) >= 11 is 0. The van der Waals surface area contributed by atoms with E-state index in [0.717, 1.165) is 0 Å². The molecule has 0 amide bonds. The van der Waals surface area contributed by atoms with Crippen molar-refractivity contribution in [3.63, 3.8) is 0 Å². The quantitative estimate of drug-likeness (QED) is 0.493. The Kier molecular flexibility index (Phi) is 19.4. The van der Waals surface area contributed by atoms with Gasteiger partial charge < -0.3 is 27.1 Å². The number of nitroso groups, excluding NO2 is 2. The Morgan fingerprint density at radius 1 is 0.905 bits per heavy atom. The number of hydrogen-bond acceptors (Lipinski definition) is 2. The maximum absolute atomic E-state index is 11.4. The van der Waals surface area contributed by atoms with Crippen LogP contribution in [0, 0.1) is 15.9 Å². The van der Waals surface area contributed by atoms with E-state index in [9.17, 15) is 30.7 Å². The number of hydrogen-bond donors (Lipinski definition) is 0. The summed E-state index contributed by atoms with van der Waals surface area (Å²) < 4.78 is 77.3. The molecule has 0 fully saturated rings. The first-order valence-corrected chi connectivity index (χ1v) is 4.10. The Morgan fingerprint density at radius 2 is 1.24 bits per heavy atom. The van der Waals surface area contributed by atoms with Crippen LogP contribution in [0.4, 0.5) is 30.7 Å². The van der Waals surface area contributed by atoms with Gasteiger partial charge in [-0.25, -0.2) is 29.7 Å². The van der Waals surface area contributed by atoms with E-state index in [1.165, 1.54) is 0 Å².